The summed E-state index contributed by atoms with van der Waals surface area (Å²) in [5.74, 6) is -0.202. The average Bonchev–Trinajstić information content (AvgIpc) is 2.56. The lowest BCUT2D eigenvalue weighted by molar-refractivity contribution is -0.124. The SMILES string of the molecule is CC(=O)NCc1cc(CCNC(=O)OC(C)(C)C)cc(CNC(=O)C(C)C)c1. The first-order valence-electron chi connectivity index (χ1n) is 9.57. The highest BCUT2D eigenvalue weighted by Crippen LogP contribution is 2.12. The summed E-state index contributed by atoms with van der Waals surface area (Å²) < 4.78 is 5.23. The Balaban J connectivity index is 2.77. The highest BCUT2D eigenvalue weighted by molar-refractivity contribution is 5.77. The van der Waals surface area contributed by atoms with E-state index in [0.29, 0.717) is 26.1 Å². The molecule has 7 nitrogen and oxygen atoms in total. The second-order valence-corrected chi connectivity index (χ2v) is 8.12. The molecule has 28 heavy (non-hydrogen) atoms. The molecule has 0 heterocycles. The second kappa shape index (κ2) is 10.7. The van der Waals surface area contributed by atoms with Crippen molar-refractivity contribution in [3.63, 3.8) is 0 Å². The molecular formula is C21H33N3O4. The number of alkyl carbamates (subject to hydrolysis) is 1. The van der Waals surface area contributed by atoms with E-state index in [4.69, 9.17) is 4.74 Å². The number of hydrogen-bond acceptors (Lipinski definition) is 4. The van der Waals surface area contributed by atoms with E-state index in [1.807, 2.05) is 52.8 Å². The Morgan fingerprint density at radius 1 is 0.929 bits per heavy atom. The molecule has 1 rings (SSSR count). The first-order valence-corrected chi connectivity index (χ1v) is 9.57. The zero-order valence-corrected chi connectivity index (χ0v) is 17.8. The van der Waals surface area contributed by atoms with Gasteiger partial charge in [0.2, 0.25) is 11.8 Å². The summed E-state index contributed by atoms with van der Waals surface area (Å²) >= 11 is 0. The summed E-state index contributed by atoms with van der Waals surface area (Å²) in [6.45, 7) is 11.9. The third-order valence-corrected chi connectivity index (χ3v) is 3.73. The highest BCUT2D eigenvalue weighted by Gasteiger charge is 2.15. The van der Waals surface area contributed by atoms with Crippen molar-refractivity contribution in [2.45, 2.75) is 66.7 Å². The van der Waals surface area contributed by atoms with Crippen molar-refractivity contribution < 1.29 is 19.1 Å². The fourth-order valence-electron chi connectivity index (χ4n) is 2.43. The molecule has 1 aromatic rings. The number of hydrogen-bond donors (Lipinski definition) is 3. The maximum absolute atomic E-state index is 11.8. The van der Waals surface area contributed by atoms with E-state index in [2.05, 4.69) is 16.0 Å². The molecule has 0 radical (unpaired) electrons. The van der Waals surface area contributed by atoms with E-state index in [1.54, 1.807) is 0 Å². The van der Waals surface area contributed by atoms with Crippen LogP contribution in [0.1, 0.15) is 58.2 Å². The Bertz CT molecular complexity index is 693. The van der Waals surface area contributed by atoms with Crippen LogP contribution >= 0.6 is 0 Å². The molecule has 3 N–H and O–H groups in total. The molecular weight excluding hydrogens is 358 g/mol. The Kier molecular flexibility index (Phi) is 8.96. The maximum atomic E-state index is 11.8. The van der Waals surface area contributed by atoms with Crippen molar-refractivity contribution in [2.75, 3.05) is 6.54 Å². The van der Waals surface area contributed by atoms with Gasteiger partial charge in [-0.05, 0) is 43.9 Å². The van der Waals surface area contributed by atoms with Gasteiger partial charge in [-0.2, -0.15) is 0 Å². The Hall–Kier alpha value is -2.57. The number of benzene rings is 1. The standard InChI is InChI=1S/C21H33N3O4/c1-14(2)19(26)24-13-18-10-16(9-17(11-18)12-23-15(3)25)7-8-22-20(27)28-21(4,5)6/h9-11,14H,7-8,12-13H2,1-6H3,(H,22,27)(H,23,25)(H,24,26). The van der Waals surface area contributed by atoms with E-state index in [1.165, 1.54) is 6.92 Å². The fraction of sp³-hybridized carbons (Fsp3) is 0.571. The summed E-state index contributed by atoms with van der Waals surface area (Å²) in [6, 6.07) is 5.94. The van der Waals surface area contributed by atoms with Crippen molar-refractivity contribution in [3.8, 4) is 0 Å². The minimum absolute atomic E-state index is 0.0135. The van der Waals surface area contributed by atoms with Gasteiger partial charge in [0, 0.05) is 32.5 Å². The molecule has 156 valence electrons. The van der Waals surface area contributed by atoms with Gasteiger partial charge in [-0.1, -0.05) is 32.0 Å². The minimum Gasteiger partial charge on any atom is -0.444 e. The van der Waals surface area contributed by atoms with Crippen molar-refractivity contribution in [2.24, 2.45) is 5.92 Å². The lowest BCUT2D eigenvalue weighted by Gasteiger charge is -2.19. The summed E-state index contributed by atoms with van der Waals surface area (Å²) in [5, 5.41) is 8.43. The van der Waals surface area contributed by atoms with Gasteiger partial charge in [-0.15, -0.1) is 0 Å². The van der Waals surface area contributed by atoms with Gasteiger partial charge in [-0.25, -0.2) is 4.79 Å². The van der Waals surface area contributed by atoms with Crippen LogP contribution in [0.2, 0.25) is 0 Å². The molecule has 0 aliphatic carbocycles. The van der Waals surface area contributed by atoms with Crippen molar-refractivity contribution in [1.29, 1.82) is 0 Å². The zero-order valence-electron chi connectivity index (χ0n) is 17.8. The minimum atomic E-state index is -0.538. The summed E-state index contributed by atoms with van der Waals surface area (Å²) in [7, 11) is 0. The Morgan fingerprint density at radius 3 is 1.96 bits per heavy atom. The average molecular weight is 392 g/mol. The molecule has 1 aromatic carbocycles. The number of carbonyl (C=O) groups excluding carboxylic acids is 3. The summed E-state index contributed by atoms with van der Waals surface area (Å²) in [6.07, 6.45) is 0.157. The fourth-order valence-corrected chi connectivity index (χ4v) is 2.43. The first kappa shape index (κ1) is 23.5. The highest BCUT2D eigenvalue weighted by atomic mass is 16.6. The maximum Gasteiger partial charge on any atom is 0.407 e. The number of rotatable bonds is 8. The third-order valence-electron chi connectivity index (χ3n) is 3.73. The van der Waals surface area contributed by atoms with E-state index < -0.39 is 11.7 Å². The van der Waals surface area contributed by atoms with Gasteiger partial charge < -0.3 is 20.7 Å². The van der Waals surface area contributed by atoms with Crippen LogP contribution in [0.3, 0.4) is 0 Å². The molecule has 0 aliphatic heterocycles. The molecule has 0 aliphatic rings. The van der Waals surface area contributed by atoms with Crippen LogP contribution in [0.5, 0.6) is 0 Å². The van der Waals surface area contributed by atoms with Crippen LogP contribution in [0.15, 0.2) is 18.2 Å². The molecule has 0 spiro atoms. The van der Waals surface area contributed by atoms with E-state index in [-0.39, 0.29) is 17.7 Å². The monoisotopic (exact) mass is 391 g/mol. The quantitative estimate of drug-likeness (QED) is 0.635. The second-order valence-electron chi connectivity index (χ2n) is 8.12. The Morgan fingerprint density at radius 2 is 1.46 bits per heavy atom. The van der Waals surface area contributed by atoms with Crippen LogP contribution in [0.4, 0.5) is 4.79 Å². The predicted octanol–water partition coefficient (Wildman–Crippen LogP) is 2.66. The van der Waals surface area contributed by atoms with Crippen LogP contribution in [0, 0.1) is 5.92 Å². The number of nitrogens with one attached hydrogen (secondary N) is 3. The summed E-state index contributed by atoms with van der Waals surface area (Å²) in [4.78, 5) is 34.8. The van der Waals surface area contributed by atoms with E-state index in [9.17, 15) is 14.4 Å². The molecule has 0 atom stereocenters. The van der Waals surface area contributed by atoms with Crippen molar-refractivity contribution in [3.05, 3.63) is 34.9 Å². The van der Waals surface area contributed by atoms with Gasteiger partial charge in [0.1, 0.15) is 5.60 Å². The van der Waals surface area contributed by atoms with Crippen LogP contribution in [0.25, 0.3) is 0 Å². The van der Waals surface area contributed by atoms with Gasteiger partial charge in [0.15, 0.2) is 0 Å². The van der Waals surface area contributed by atoms with Crippen LogP contribution < -0.4 is 16.0 Å². The summed E-state index contributed by atoms with van der Waals surface area (Å²) in [5.41, 5.74) is 2.36. The number of carbonyl (C=O) groups is 3. The van der Waals surface area contributed by atoms with Crippen LogP contribution in [-0.4, -0.2) is 30.1 Å². The first-order chi connectivity index (χ1) is 13.0. The van der Waals surface area contributed by atoms with Gasteiger partial charge >= 0.3 is 6.09 Å². The lowest BCUT2D eigenvalue weighted by atomic mass is 10.0. The largest absolute Gasteiger partial charge is 0.444 e. The van der Waals surface area contributed by atoms with E-state index in [0.717, 1.165) is 16.7 Å². The predicted molar refractivity (Wildman–Crippen MR) is 109 cm³/mol. The van der Waals surface area contributed by atoms with Crippen LogP contribution in [-0.2, 0) is 33.8 Å². The third kappa shape index (κ3) is 9.94. The lowest BCUT2D eigenvalue weighted by Crippen LogP contribution is -2.33. The molecule has 0 unspecified atom stereocenters. The van der Waals surface area contributed by atoms with Crippen molar-refractivity contribution in [1.82, 2.24) is 16.0 Å². The topological polar surface area (TPSA) is 96.5 Å². The number of amides is 3. The molecule has 7 heteroatoms. The molecule has 0 bridgehead atoms. The van der Waals surface area contributed by atoms with E-state index >= 15 is 0 Å². The Labute approximate surface area is 167 Å². The number of ether oxygens (including phenoxy) is 1. The molecule has 0 fully saturated rings. The van der Waals surface area contributed by atoms with Crippen molar-refractivity contribution >= 4 is 17.9 Å². The molecule has 0 saturated carbocycles. The normalized spacial score (nSPS) is 11.1. The van der Waals surface area contributed by atoms with Gasteiger partial charge in [0.25, 0.3) is 0 Å². The van der Waals surface area contributed by atoms with Gasteiger partial charge in [-0.3, -0.25) is 9.59 Å². The molecule has 0 aromatic heterocycles. The molecule has 0 saturated heterocycles. The van der Waals surface area contributed by atoms with Gasteiger partial charge in [0.05, 0.1) is 0 Å². The smallest absolute Gasteiger partial charge is 0.407 e. The molecule has 3 amide bonds. The zero-order chi connectivity index (χ0) is 21.3.